The van der Waals surface area contributed by atoms with E-state index < -0.39 is 12.1 Å². The molecule has 0 amide bonds. The third-order valence-electron chi connectivity index (χ3n) is 4.02. The second kappa shape index (κ2) is 7.49. The zero-order valence-corrected chi connectivity index (χ0v) is 15.7. The maximum absolute atomic E-state index is 12.0. The number of carbonyl (C=O) groups is 2. The van der Waals surface area contributed by atoms with E-state index in [4.69, 9.17) is 0 Å². The smallest absolute Gasteiger partial charge is 0.550 e. The minimum absolute atomic E-state index is 0. The first-order chi connectivity index (χ1) is 11.0. The van der Waals surface area contributed by atoms with Crippen molar-refractivity contribution in [2.24, 2.45) is 0 Å². The normalized spacial score (nSPS) is 12.1. The zero-order valence-electron chi connectivity index (χ0n) is 13.7. The van der Waals surface area contributed by atoms with Crippen LogP contribution in [0.3, 0.4) is 0 Å². The van der Waals surface area contributed by atoms with Crippen molar-refractivity contribution in [2.45, 2.75) is 25.9 Å². The average Bonchev–Trinajstić information content (AvgIpc) is 2.86. The van der Waals surface area contributed by atoms with Crippen LogP contribution >= 0.6 is 0 Å². The molecule has 3 aromatic rings. The number of para-hydroxylation sites is 1. The summed E-state index contributed by atoms with van der Waals surface area (Å²) >= 11 is 0. The molecule has 0 aliphatic heterocycles. The maximum Gasteiger partial charge on any atom is 1.00 e. The predicted octanol–water partition coefficient (Wildman–Crippen LogP) is -0.978. The van der Waals surface area contributed by atoms with E-state index in [2.05, 4.69) is 0 Å². The summed E-state index contributed by atoms with van der Waals surface area (Å²) in [7, 11) is 0. The Hall–Kier alpha value is -1.66. The molecule has 0 aliphatic rings. The van der Waals surface area contributed by atoms with Crippen molar-refractivity contribution in [1.29, 1.82) is 0 Å². The van der Waals surface area contributed by atoms with Crippen LogP contribution in [0.5, 0.6) is 0 Å². The molecule has 0 fully saturated rings. The second-order valence-corrected chi connectivity index (χ2v) is 5.57. The number of hydrogen-bond donors (Lipinski definition) is 1. The largest absolute Gasteiger partial charge is 1.00 e. The second-order valence-electron chi connectivity index (χ2n) is 5.57. The van der Waals surface area contributed by atoms with E-state index in [1.54, 1.807) is 16.7 Å². The van der Waals surface area contributed by atoms with E-state index in [1.165, 1.54) is 6.92 Å². The van der Waals surface area contributed by atoms with Crippen molar-refractivity contribution in [3.63, 3.8) is 0 Å². The molecule has 1 heterocycles. The van der Waals surface area contributed by atoms with Gasteiger partial charge in [0.05, 0.1) is 17.1 Å². The molecular weight excluding hydrogens is 317 g/mol. The van der Waals surface area contributed by atoms with Crippen molar-refractivity contribution >= 4 is 33.7 Å². The number of benzene rings is 2. The van der Waals surface area contributed by atoms with Crippen molar-refractivity contribution in [3.05, 3.63) is 48.0 Å². The van der Waals surface area contributed by atoms with E-state index in [1.807, 2.05) is 30.3 Å². The first kappa shape index (κ1) is 18.7. The summed E-state index contributed by atoms with van der Waals surface area (Å²) in [5, 5.41) is 22.5. The van der Waals surface area contributed by atoms with Gasteiger partial charge in [-0.25, -0.2) is 0 Å². The number of rotatable bonds is 4. The van der Waals surface area contributed by atoms with Gasteiger partial charge in [-0.05, 0) is 36.6 Å². The van der Waals surface area contributed by atoms with Gasteiger partial charge in [-0.1, -0.05) is 24.3 Å². The van der Waals surface area contributed by atoms with E-state index >= 15 is 0 Å². The van der Waals surface area contributed by atoms with E-state index in [0.29, 0.717) is 5.56 Å². The van der Waals surface area contributed by atoms with Gasteiger partial charge >= 0.3 is 29.6 Å². The van der Waals surface area contributed by atoms with Gasteiger partial charge in [-0.2, -0.15) is 0 Å². The number of nitrogens with zero attached hydrogens (tertiary/aromatic N) is 1. The molecule has 6 heteroatoms. The van der Waals surface area contributed by atoms with E-state index in [9.17, 15) is 19.8 Å². The van der Waals surface area contributed by atoms with Crippen LogP contribution in [0, 0.1) is 0 Å². The average molecular weight is 333 g/mol. The summed E-state index contributed by atoms with van der Waals surface area (Å²) < 4.78 is 1.64. The SMILES string of the molecule is CC(=O)n1c2ccccc2c2cc(C(O)CCC(=O)[O-])ccc21.[Na+]. The third-order valence-corrected chi connectivity index (χ3v) is 4.02. The molecule has 0 radical (unpaired) electrons. The van der Waals surface area contributed by atoms with Gasteiger partial charge in [0, 0.05) is 23.7 Å². The summed E-state index contributed by atoms with van der Waals surface area (Å²) in [5.41, 5.74) is 2.22. The molecule has 1 aromatic heterocycles. The Morgan fingerprint density at radius 2 is 1.79 bits per heavy atom. The fourth-order valence-corrected chi connectivity index (χ4v) is 2.96. The van der Waals surface area contributed by atoms with E-state index in [-0.39, 0.29) is 48.3 Å². The van der Waals surface area contributed by atoms with Crippen LogP contribution < -0.4 is 34.7 Å². The zero-order chi connectivity index (χ0) is 16.6. The number of aliphatic hydroxyl groups excluding tert-OH is 1. The molecule has 1 unspecified atom stereocenters. The molecule has 118 valence electrons. The maximum atomic E-state index is 12.0. The summed E-state index contributed by atoms with van der Waals surface area (Å²) in [6.07, 6.45) is -0.982. The van der Waals surface area contributed by atoms with Gasteiger partial charge < -0.3 is 15.0 Å². The molecule has 0 saturated carbocycles. The Kier molecular flexibility index (Phi) is 5.83. The molecule has 2 aromatic carbocycles. The minimum atomic E-state index is -1.18. The Morgan fingerprint density at radius 3 is 2.46 bits per heavy atom. The topological polar surface area (TPSA) is 82.4 Å². The van der Waals surface area contributed by atoms with Gasteiger partial charge in [0.15, 0.2) is 0 Å². The standard InChI is InChI=1S/C18H17NO4.Na/c1-11(20)19-15-5-3-2-4-13(15)14-10-12(6-7-16(14)19)17(21)8-9-18(22)23;/h2-7,10,17,21H,8-9H2,1H3,(H,22,23);/q;+1/p-1. The van der Waals surface area contributed by atoms with Crippen molar-refractivity contribution in [2.75, 3.05) is 0 Å². The van der Waals surface area contributed by atoms with Crippen molar-refractivity contribution in [3.8, 4) is 0 Å². The first-order valence-electron chi connectivity index (χ1n) is 7.41. The molecule has 1 atom stereocenters. The van der Waals surface area contributed by atoms with E-state index in [0.717, 1.165) is 21.8 Å². The molecule has 5 nitrogen and oxygen atoms in total. The summed E-state index contributed by atoms with van der Waals surface area (Å²) in [4.78, 5) is 22.5. The van der Waals surface area contributed by atoms with Gasteiger partial charge in [0.1, 0.15) is 0 Å². The molecule has 0 bridgehead atoms. The predicted molar refractivity (Wildman–Crippen MR) is 84.9 cm³/mol. The number of carboxylic acid groups (broad SMARTS) is 1. The summed E-state index contributed by atoms with van der Waals surface area (Å²) in [6, 6.07) is 12.9. The molecule has 0 aliphatic carbocycles. The van der Waals surface area contributed by atoms with Crippen LogP contribution in [0.15, 0.2) is 42.5 Å². The Labute approximate surface area is 161 Å². The number of hydrogen-bond acceptors (Lipinski definition) is 4. The van der Waals surface area contributed by atoms with Crippen LogP contribution in [-0.2, 0) is 4.79 Å². The Morgan fingerprint density at radius 1 is 1.12 bits per heavy atom. The molecule has 3 rings (SSSR count). The summed E-state index contributed by atoms with van der Waals surface area (Å²) in [5.74, 6) is -1.26. The van der Waals surface area contributed by atoms with Crippen LogP contribution in [0.1, 0.15) is 36.2 Å². The van der Waals surface area contributed by atoms with Crippen LogP contribution in [0.25, 0.3) is 21.8 Å². The number of carboxylic acids is 1. The molecular formula is C18H16NNaO4. The first-order valence-corrected chi connectivity index (χ1v) is 7.41. The molecule has 0 spiro atoms. The monoisotopic (exact) mass is 333 g/mol. The number of aromatic nitrogens is 1. The van der Waals surface area contributed by atoms with Gasteiger partial charge in [0.25, 0.3) is 0 Å². The van der Waals surface area contributed by atoms with Crippen LogP contribution in [0.2, 0.25) is 0 Å². The number of aliphatic hydroxyl groups is 1. The third kappa shape index (κ3) is 3.39. The molecule has 0 saturated heterocycles. The van der Waals surface area contributed by atoms with Crippen LogP contribution in [0.4, 0.5) is 0 Å². The number of fused-ring (bicyclic) bond motifs is 3. The fourth-order valence-electron chi connectivity index (χ4n) is 2.96. The number of aliphatic carboxylic acids is 1. The Bertz CT molecular complexity index is 916. The molecule has 1 N–H and O–H groups in total. The number of carbonyl (C=O) groups excluding carboxylic acids is 2. The van der Waals surface area contributed by atoms with Crippen molar-refractivity contribution < 1.29 is 49.4 Å². The van der Waals surface area contributed by atoms with Crippen LogP contribution in [-0.4, -0.2) is 21.6 Å². The van der Waals surface area contributed by atoms with Gasteiger partial charge in [0.2, 0.25) is 5.91 Å². The molecule has 24 heavy (non-hydrogen) atoms. The van der Waals surface area contributed by atoms with Crippen molar-refractivity contribution in [1.82, 2.24) is 4.57 Å². The Balaban J connectivity index is 0.00000208. The minimum Gasteiger partial charge on any atom is -0.550 e. The van der Waals surface area contributed by atoms with Gasteiger partial charge in [-0.15, -0.1) is 0 Å². The quantitative estimate of drug-likeness (QED) is 0.623. The summed E-state index contributed by atoms with van der Waals surface area (Å²) in [6.45, 7) is 1.51. The van der Waals surface area contributed by atoms with Gasteiger partial charge in [-0.3, -0.25) is 9.36 Å². The fraction of sp³-hybridized carbons (Fsp3) is 0.222.